The van der Waals surface area contributed by atoms with Gasteiger partial charge in [0.25, 0.3) is 0 Å². The van der Waals surface area contributed by atoms with Crippen molar-refractivity contribution in [3.63, 3.8) is 0 Å². The van der Waals surface area contributed by atoms with Crippen LogP contribution in [-0.4, -0.2) is 42.0 Å². The van der Waals surface area contributed by atoms with Gasteiger partial charge < -0.3 is 11.1 Å². The molecule has 1 rings (SSSR count). The molecule has 4 heteroatoms. The number of nitrogens with one attached hydrogen (secondary N) is 1. The lowest BCUT2D eigenvalue weighted by molar-refractivity contribution is -0.127. The Bertz CT molecular complexity index is 296. The number of amides is 1. The molecular weight excluding hydrogens is 250 g/mol. The van der Waals surface area contributed by atoms with Gasteiger partial charge in [0.2, 0.25) is 5.91 Å². The molecule has 0 aliphatic heterocycles. The van der Waals surface area contributed by atoms with E-state index in [9.17, 15) is 4.79 Å². The smallest absolute Gasteiger partial charge is 0.223 e. The molecular formula is C16H33N3O. The van der Waals surface area contributed by atoms with Crippen LogP contribution in [0.4, 0.5) is 0 Å². The number of carbonyl (C=O) groups is 1. The van der Waals surface area contributed by atoms with Crippen LogP contribution in [0.25, 0.3) is 0 Å². The van der Waals surface area contributed by atoms with E-state index >= 15 is 0 Å². The quantitative estimate of drug-likeness (QED) is 0.784. The summed E-state index contributed by atoms with van der Waals surface area (Å²) < 4.78 is 0. The first-order chi connectivity index (χ1) is 9.32. The molecule has 1 aliphatic rings. The van der Waals surface area contributed by atoms with Crippen molar-refractivity contribution in [2.24, 2.45) is 17.6 Å². The molecule has 0 aromatic rings. The summed E-state index contributed by atoms with van der Waals surface area (Å²) in [6.45, 7) is 12.6. The second kappa shape index (κ2) is 7.99. The first-order valence-electron chi connectivity index (χ1n) is 8.12. The number of hydrogen-bond donors (Lipinski definition) is 2. The second-order valence-corrected chi connectivity index (χ2v) is 6.87. The largest absolute Gasteiger partial charge is 0.355 e. The van der Waals surface area contributed by atoms with Crippen LogP contribution < -0.4 is 11.1 Å². The average Bonchev–Trinajstić information content (AvgIpc) is 2.33. The second-order valence-electron chi connectivity index (χ2n) is 6.87. The molecule has 1 fully saturated rings. The summed E-state index contributed by atoms with van der Waals surface area (Å²) in [5.74, 6) is 0.781. The van der Waals surface area contributed by atoms with E-state index in [2.05, 4.69) is 44.8 Å². The van der Waals surface area contributed by atoms with Crippen molar-refractivity contribution >= 4 is 5.91 Å². The van der Waals surface area contributed by atoms with Gasteiger partial charge in [-0.15, -0.1) is 0 Å². The Labute approximate surface area is 124 Å². The molecule has 0 saturated heterocycles. The molecule has 3 unspecified atom stereocenters. The zero-order valence-electron chi connectivity index (χ0n) is 13.9. The van der Waals surface area contributed by atoms with Crippen LogP contribution >= 0.6 is 0 Å². The highest BCUT2D eigenvalue weighted by molar-refractivity contribution is 5.79. The monoisotopic (exact) mass is 283 g/mol. The third-order valence-electron chi connectivity index (χ3n) is 4.54. The molecule has 1 aliphatic carbocycles. The summed E-state index contributed by atoms with van der Waals surface area (Å²) in [4.78, 5) is 14.7. The predicted octanol–water partition coefficient (Wildman–Crippen LogP) is 1.98. The maximum absolute atomic E-state index is 12.3. The van der Waals surface area contributed by atoms with Crippen LogP contribution in [0.3, 0.4) is 0 Å². The molecule has 0 spiro atoms. The Kier molecular flexibility index (Phi) is 6.96. The Morgan fingerprint density at radius 3 is 2.35 bits per heavy atom. The van der Waals surface area contributed by atoms with Crippen molar-refractivity contribution in [3.05, 3.63) is 0 Å². The highest BCUT2D eigenvalue weighted by Crippen LogP contribution is 2.29. The van der Waals surface area contributed by atoms with Crippen LogP contribution in [0, 0.1) is 11.8 Å². The number of nitrogens with zero attached hydrogens (tertiary/aromatic N) is 1. The number of carbonyl (C=O) groups excluding carboxylic acids is 1. The zero-order valence-corrected chi connectivity index (χ0v) is 13.9. The van der Waals surface area contributed by atoms with Crippen molar-refractivity contribution in [1.82, 2.24) is 10.2 Å². The van der Waals surface area contributed by atoms with Crippen molar-refractivity contribution < 1.29 is 4.79 Å². The predicted molar refractivity (Wildman–Crippen MR) is 84.5 cm³/mol. The van der Waals surface area contributed by atoms with E-state index in [1.807, 2.05) is 0 Å². The maximum atomic E-state index is 12.3. The first kappa shape index (κ1) is 17.4. The number of nitrogens with two attached hydrogens (primary N) is 1. The molecule has 0 radical (unpaired) electrons. The third-order valence-corrected chi connectivity index (χ3v) is 4.54. The highest BCUT2D eigenvalue weighted by Gasteiger charge is 2.30. The Morgan fingerprint density at radius 1 is 1.25 bits per heavy atom. The van der Waals surface area contributed by atoms with E-state index in [-0.39, 0.29) is 17.9 Å². The van der Waals surface area contributed by atoms with Gasteiger partial charge in [0.05, 0.1) is 0 Å². The van der Waals surface area contributed by atoms with E-state index in [1.165, 1.54) is 0 Å². The highest BCUT2D eigenvalue weighted by atomic mass is 16.1. The van der Waals surface area contributed by atoms with E-state index < -0.39 is 0 Å². The van der Waals surface area contributed by atoms with Crippen molar-refractivity contribution in [2.75, 3.05) is 13.1 Å². The third kappa shape index (κ3) is 5.06. The van der Waals surface area contributed by atoms with Gasteiger partial charge in [-0.3, -0.25) is 9.69 Å². The van der Waals surface area contributed by atoms with Gasteiger partial charge in [-0.1, -0.05) is 6.92 Å². The summed E-state index contributed by atoms with van der Waals surface area (Å²) in [6, 6.07) is 1.31. The van der Waals surface area contributed by atoms with Crippen LogP contribution in [0.1, 0.15) is 53.9 Å². The standard InChI is InChI=1S/C16H33N3O/c1-11(2)19(12(3)4)9-8-18-16(20)15-7-6-14(17)10-13(15)5/h11-15H,6-10,17H2,1-5H3,(H,18,20). The minimum Gasteiger partial charge on any atom is -0.355 e. The molecule has 0 aromatic heterocycles. The number of hydrogen-bond acceptors (Lipinski definition) is 3. The topological polar surface area (TPSA) is 58.4 Å². The average molecular weight is 283 g/mol. The van der Waals surface area contributed by atoms with Gasteiger partial charge in [0.1, 0.15) is 0 Å². The molecule has 3 atom stereocenters. The fraction of sp³-hybridized carbons (Fsp3) is 0.938. The van der Waals surface area contributed by atoms with Crippen molar-refractivity contribution in [3.8, 4) is 0 Å². The minimum absolute atomic E-state index is 0.154. The molecule has 4 nitrogen and oxygen atoms in total. The summed E-state index contributed by atoms with van der Waals surface area (Å²) in [5, 5.41) is 3.12. The lowest BCUT2D eigenvalue weighted by Gasteiger charge is -2.33. The van der Waals surface area contributed by atoms with E-state index in [0.717, 1.165) is 32.4 Å². The van der Waals surface area contributed by atoms with Crippen LogP contribution in [0.5, 0.6) is 0 Å². The lowest BCUT2D eigenvalue weighted by atomic mass is 9.78. The SMILES string of the molecule is CC1CC(N)CCC1C(=O)NCCN(C(C)C)C(C)C. The molecule has 1 amide bonds. The molecule has 0 aromatic carbocycles. The number of rotatable bonds is 6. The normalized spacial score (nSPS) is 27.4. The van der Waals surface area contributed by atoms with Crippen molar-refractivity contribution in [1.29, 1.82) is 0 Å². The first-order valence-corrected chi connectivity index (χ1v) is 8.12. The van der Waals surface area contributed by atoms with Crippen LogP contribution in [-0.2, 0) is 4.79 Å². The summed E-state index contributed by atoms with van der Waals surface area (Å²) >= 11 is 0. The van der Waals surface area contributed by atoms with Gasteiger partial charge in [-0.25, -0.2) is 0 Å². The Morgan fingerprint density at radius 2 is 1.85 bits per heavy atom. The zero-order chi connectivity index (χ0) is 15.3. The molecule has 0 heterocycles. The molecule has 1 saturated carbocycles. The Balaban J connectivity index is 2.36. The fourth-order valence-corrected chi connectivity index (χ4v) is 3.38. The molecule has 3 N–H and O–H groups in total. The fourth-order valence-electron chi connectivity index (χ4n) is 3.38. The van der Waals surface area contributed by atoms with Crippen LogP contribution in [0.2, 0.25) is 0 Å². The van der Waals surface area contributed by atoms with Gasteiger partial charge in [-0.2, -0.15) is 0 Å². The van der Waals surface area contributed by atoms with Gasteiger partial charge in [-0.05, 0) is 52.9 Å². The summed E-state index contributed by atoms with van der Waals surface area (Å²) in [7, 11) is 0. The van der Waals surface area contributed by atoms with Crippen LogP contribution in [0.15, 0.2) is 0 Å². The van der Waals surface area contributed by atoms with Gasteiger partial charge in [0, 0.05) is 37.1 Å². The van der Waals surface area contributed by atoms with Gasteiger partial charge in [0.15, 0.2) is 0 Å². The maximum Gasteiger partial charge on any atom is 0.223 e. The molecule has 118 valence electrons. The summed E-state index contributed by atoms with van der Waals surface area (Å²) in [6.07, 6.45) is 2.89. The Hall–Kier alpha value is -0.610. The van der Waals surface area contributed by atoms with Crippen molar-refractivity contribution in [2.45, 2.75) is 72.0 Å². The van der Waals surface area contributed by atoms with Gasteiger partial charge >= 0.3 is 0 Å². The van der Waals surface area contributed by atoms with E-state index in [1.54, 1.807) is 0 Å². The summed E-state index contributed by atoms with van der Waals surface area (Å²) in [5.41, 5.74) is 5.96. The van der Waals surface area contributed by atoms with E-state index in [0.29, 0.717) is 18.0 Å². The lowest BCUT2D eigenvalue weighted by Crippen LogP contribution is -2.45. The molecule has 0 bridgehead atoms. The minimum atomic E-state index is 0.154. The molecule has 20 heavy (non-hydrogen) atoms. The van der Waals surface area contributed by atoms with E-state index in [4.69, 9.17) is 5.73 Å².